The second-order valence-electron chi connectivity index (χ2n) is 6.63. The number of anilines is 2. The second-order valence-corrected chi connectivity index (χ2v) is 6.63. The molecule has 0 aliphatic heterocycles. The van der Waals surface area contributed by atoms with Gasteiger partial charge >= 0.3 is 0 Å². The van der Waals surface area contributed by atoms with E-state index in [1.807, 2.05) is 30.3 Å². The van der Waals surface area contributed by atoms with E-state index in [1.54, 1.807) is 0 Å². The summed E-state index contributed by atoms with van der Waals surface area (Å²) in [4.78, 5) is 12.1. The summed E-state index contributed by atoms with van der Waals surface area (Å²) in [5.41, 5.74) is 4.18. The molecule has 0 heterocycles. The molecule has 2 rings (SSSR count). The van der Waals surface area contributed by atoms with Crippen molar-refractivity contribution in [3.05, 3.63) is 53.6 Å². The predicted molar refractivity (Wildman–Crippen MR) is 109 cm³/mol. The van der Waals surface area contributed by atoms with Gasteiger partial charge in [0.2, 0.25) is 5.91 Å². The molecule has 140 valence electrons. The summed E-state index contributed by atoms with van der Waals surface area (Å²) < 4.78 is 5.71. The van der Waals surface area contributed by atoms with Gasteiger partial charge in [0, 0.05) is 11.4 Å². The highest BCUT2D eigenvalue weighted by Crippen LogP contribution is 2.17. The van der Waals surface area contributed by atoms with Gasteiger partial charge in [-0.25, -0.2) is 0 Å². The topological polar surface area (TPSA) is 50.4 Å². The lowest BCUT2D eigenvalue weighted by molar-refractivity contribution is -0.114. The van der Waals surface area contributed by atoms with E-state index in [2.05, 4.69) is 43.5 Å². The Hall–Kier alpha value is -2.49. The van der Waals surface area contributed by atoms with E-state index >= 15 is 0 Å². The third-order valence-corrected chi connectivity index (χ3v) is 4.36. The molecule has 0 aromatic heterocycles. The Balaban J connectivity index is 1.73. The quantitative estimate of drug-likeness (QED) is 0.568. The number of amides is 1. The number of unbranched alkanes of at least 4 members (excludes halogenated alkanes) is 3. The number of hydrogen-bond acceptors (Lipinski definition) is 3. The van der Waals surface area contributed by atoms with Crippen LogP contribution in [0.2, 0.25) is 0 Å². The molecule has 0 saturated carbocycles. The van der Waals surface area contributed by atoms with E-state index in [1.165, 1.54) is 30.4 Å². The zero-order valence-electron chi connectivity index (χ0n) is 16.1. The average Bonchev–Trinajstić information content (AvgIpc) is 2.64. The molecule has 0 saturated heterocycles. The van der Waals surface area contributed by atoms with E-state index in [-0.39, 0.29) is 12.5 Å². The summed E-state index contributed by atoms with van der Waals surface area (Å²) in [6.45, 7) is 7.31. The van der Waals surface area contributed by atoms with Crippen LogP contribution in [0.25, 0.3) is 0 Å². The molecule has 0 fully saturated rings. The molecule has 0 spiro atoms. The summed E-state index contributed by atoms with van der Waals surface area (Å²) in [5.74, 6) is 0.768. The molecule has 0 bridgehead atoms. The van der Waals surface area contributed by atoms with Crippen LogP contribution in [0.4, 0.5) is 11.4 Å². The number of rotatable bonds is 10. The van der Waals surface area contributed by atoms with Gasteiger partial charge in [0.05, 0.1) is 13.2 Å². The molecule has 0 radical (unpaired) electrons. The van der Waals surface area contributed by atoms with E-state index in [0.717, 1.165) is 30.2 Å². The summed E-state index contributed by atoms with van der Waals surface area (Å²) in [6, 6.07) is 13.6. The summed E-state index contributed by atoms with van der Waals surface area (Å²) >= 11 is 0. The third-order valence-electron chi connectivity index (χ3n) is 4.36. The van der Waals surface area contributed by atoms with E-state index < -0.39 is 0 Å². The molecule has 4 nitrogen and oxygen atoms in total. The van der Waals surface area contributed by atoms with Crippen molar-refractivity contribution < 1.29 is 9.53 Å². The number of carbonyl (C=O) groups excluding carboxylic acids is 1. The Morgan fingerprint density at radius 2 is 1.65 bits per heavy atom. The van der Waals surface area contributed by atoms with Gasteiger partial charge in [-0.1, -0.05) is 32.3 Å². The number of carbonyl (C=O) groups is 1. The molecule has 2 aromatic carbocycles. The Bertz CT molecular complexity index is 696. The molecule has 0 atom stereocenters. The monoisotopic (exact) mass is 354 g/mol. The van der Waals surface area contributed by atoms with Crippen LogP contribution < -0.4 is 15.4 Å². The van der Waals surface area contributed by atoms with Gasteiger partial charge in [-0.15, -0.1) is 0 Å². The first-order valence-corrected chi connectivity index (χ1v) is 9.42. The van der Waals surface area contributed by atoms with Gasteiger partial charge in [-0.3, -0.25) is 4.79 Å². The van der Waals surface area contributed by atoms with Crippen LogP contribution in [0, 0.1) is 13.8 Å². The molecule has 0 aliphatic carbocycles. The fourth-order valence-electron chi connectivity index (χ4n) is 2.59. The predicted octanol–water partition coefficient (Wildman–Crippen LogP) is 5.31. The number of aryl methyl sites for hydroxylation is 2. The zero-order valence-corrected chi connectivity index (χ0v) is 16.1. The van der Waals surface area contributed by atoms with Crippen LogP contribution in [0.15, 0.2) is 42.5 Å². The van der Waals surface area contributed by atoms with Crippen molar-refractivity contribution in [2.24, 2.45) is 0 Å². The van der Waals surface area contributed by atoms with E-state index in [4.69, 9.17) is 4.74 Å². The standard InChI is InChI=1S/C22H30N2O2/c1-4-5-6-7-14-26-21-12-10-19(11-13-21)24-22(25)16-23-20-9-8-17(2)18(3)15-20/h8-13,15,23H,4-7,14,16H2,1-3H3,(H,24,25). The molecule has 2 N–H and O–H groups in total. The Kier molecular flexibility index (Phi) is 8.00. The van der Waals surface area contributed by atoms with Gasteiger partial charge in [0.25, 0.3) is 0 Å². The number of benzene rings is 2. The van der Waals surface area contributed by atoms with Gasteiger partial charge < -0.3 is 15.4 Å². The third kappa shape index (κ3) is 6.79. The number of nitrogens with one attached hydrogen (secondary N) is 2. The van der Waals surface area contributed by atoms with Crippen molar-refractivity contribution in [3.8, 4) is 5.75 Å². The highest BCUT2D eigenvalue weighted by atomic mass is 16.5. The van der Waals surface area contributed by atoms with E-state index in [0.29, 0.717) is 0 Å². The molecule has 26 heavy (non-hydrogen) atoms. The van der Waals surface area contributed by atoms with Crippen LogP contribution in [0.3, 0.4) is 0 Å². The summed E-state index contributed by atoms with van der Waals surface area (Å²) in [7, 11) is 0. The van der Waals surface area contributed by atoms with Gasteiger partial charge in [0.15, 0.2) is 0 Å². The van der Waals surface area contributed by atoms with Crippen molar-refractivity contribution in [2.45, 2.75) is 46.5 Å². The summed E-state index contributed by atoms with van der Waals surface area (Å²) in [5, 5.41) is 6.04. The maximum absolute atomic E-state index is 12.1. The molecular formula is C22H30N2O2. The number of ether oxygens (including phenoxy) is 1. The highest BCUT2D eigenvalue weighted by Gasteiger charge is 2.04. The van der Waals surface area contributed by atoms with Crippen LogP contribution >= 0.6 is 0 Å². The van der Waals surface area contributed by atoms with Crippen molar-refractivity contribution in [1.29, 1.82) is 0 Å². The normalized spacial score (nSPS) is 10.4. The van der Waals surface area contributed by atoms with Crippen molar-refractivity contribution in [3.63, 3.8) is 0 Å². The lowest BCUT2D eigenvalue weighted by Gasteiger charge is -2.10. The Labute approximate surface area is 157 Å². The fourth-order valence-corrected chi connectivity index (χ4v) is 2.59. The van der Waals surface area contributed by atoms with Crippen molar-refractivity contribution >= 4 is 17.3 Å². The Morgan fingerprint density at radius 1 is 0.923 bits per heavy atom. The molecule has 0 aliphatic rings. The first-order chi connectivity index (χ1) is 12.6. The second kappa shape index (κ2) is 10.5. The van der Waals surface area contributed by atoms with Gasteiger partial charge in [-0.2, -0.15) is 0 Å². The fraction of sp³-hybridized carbons (Fsp3) is 0.409. The largest absolute Gasteiger partial charge is 0.494 e. The highest BCUT2D eigenvalue weighted by molar-refractivity contribution is 5.93. The smallest absolute Gasteiger partial charge is 0.243 e. The van der Waals surface area contributed by atoms with E-state index in [9.17, 15) is 4.79 Å². The van der Waals surface area contributed by atoms with Crippen molar-refractivity contribution in [2.75, 3.05) is 23.8 Å². The maximum Gasteiger partial charge on any atom is 0.243 e. The first-order valence-electron chi connectivity index (χ1n) is 9.42. The first kappa shape index (κ1) is 19.8. The lowest BCUT2D eigenvalue weighted by Crippen LogP contribution is -2.21. The lowest BCUT2D eigenvalue weighted by atomic mass is 10.1. The minimum Gasteiger partial charge on any atom is -0.494 e. The maximum atomic E-state index is 12.1. The average molecular weight is 354 g/mol. The van der Waals surface area contributed by atoms with Gasteiger partial charge in [0.1, 0.15) is 5.75 Å². The number of hydrogen-bond donors (Lipinski definition) is 2. The van der Waals surface area contributed by atoms with Gasteiger partial charge in [-0.05, 0) is 67.8 Å². The minimum absolute atomic E-state index is 0.0727. The molecule has 1 amide bonds. The molecule has 0 unspecified atom stereocenters. The minimum atomic E-state index is -0.0727. The molecule has 2 aromatic rings. The Morgan fingerprint density at radius 3 is 2.35 bits per heavy atom. The van der Waals surface area contributed by atoms with Crippen LogP contribution in [-0.4, -0.2) is 19.1 Å². The van der Waals surface area contributed by atoms with Crippen molar-refractivity contribution in [1.82, 2.24) is 0 Å². The van der Waals surface area contributed by atoms with Crippen LogP contribution in [-0.2, 0) is 4.79 Å². The van der Waals surface area contributed by atoms with Crippen LogP contribution in [0.1, 0.15) is 43.7 Å². The SMILES string of the molecule is CCCCCCOc1ccc(NC(=O)CNc2ccc(C)c(C)c2)cc1. The summed E-state index contributed by atoms with van der Waals surface area (Å²) in [6.07, 6.45) is 4.77. The molecule has 4 heteroatoms. The zero-order chi connectivity index (χ0) is 18.8. The van der Waals surface area contributed by atoms with Crippen LogP contribution in [0.5, 0.6) is 5.75 Å². The molecular weight excluding hydrogens is 324 g/mol.